The third kappa shape index (κ3) is 6.33. The van der Waals surface area contributed by atoms with E-state index in [0.717, 1.165) is 21.7 Å². The van der Waals surface area contributed by atoms with Gasteiger partial charge in [0.15, 0.2) is 7.14 Å². The Morgan fingerprint density at radius 1 is 0.722 bits per heavy atom. The maximum atomic E-state index is 14.2. The summed E-state index contributed by atoms with van der Waals surface area (Å²) in [5, 5.41) is 1.48. The van der Waals surface area contributed by atoms with Gasteiger partial charge in [-0.1, -0.05) is 96.6 Å². The summed E-state index contributed by atoms with van der Waals surface area (Å²) in [5.41, 5.74) is 1.89. The fraction of sp³-hybridized carbons (Fsp3) is 0.172. The molecule has 4 aromatic carbocycles. The van der Waals surface area contributed by atoms with Gasteiger partial charge in [-0.25, -0.2) is 0 Å². The minimum absolute atomic E-state index is 0.0241. The van der Waals surface area contributed by atoms with E-state index >= 15 is 0 Å². The van der Waals surface area contributed by atoms with Crippen molar-refractivity contribution in [2.45, 2.75) is 24.7 Å². The molecular formula is C29H29O5PS. The molecule has 0 saturated carbocycles. The number of aryl methyl sites for hydroxylation is 2. The summed E-state index contributed by atoms with van der Waals surface area (Å²) in [4.78, 5) is 0.148. The largest absolute Gasteiger partial charge is 0.485 e. The monoisotopic (exact) mass is 520 g/mol. The summed E-state index contributed by atoms with van der Waals surface area (Å²) >= 11 is 0. The van der Waals surface area contributed by atoms with Crippen molar-refractivity contribution in [1.82, 2.24) is 0 Å². The smallest absolute Gasteiger partial charge is 0.296 e. The van der Waals surface area contributed by atoms with Crippen molar-refractivity contribution in [2.75, 3.05) is 13.0 Å². The van der Waals surface area contributed by atoms with Gasteiger partial charge in [0.05, 0.1) is 11.5 Å². The van der Waals surface area contributed by atoms with Crippen molar-refractivity contribution in [3.63, 3.8) is 0 Å². The second-order valence-corrected chi connectivity index (χ2v) is 12.9. The maximum absolute atomic E-state index is 14.2. The van der Waals surface area contributed by atoms with E-state index in [2.05, 4.69) is 0 Å². The second-order valence-electron chi connectivity index (χ2n) is 8.48. The van der Waals surface area contributed by atoms with Gasteiger partial charge in [-0.2, -0.15) is 8.42 Å². The van der Waals surface area contributed by atoms with Gasteiger partial charge in [0, 0.05) is 10.6 Å². The molecule has 0 aliphatic rings. The predicted octanol–water partition coefficient (Wildman–Crippen LogP) is 5.68. The molecule has 0 aliphatic heterocycles. The van der Waals surface area contributed by atoms with Gasteiger partial charge in [0.2, 0.25) is 0 Å². The minimum Gasteiger partial charge on any atom is -0.485 e. The van der Waals surface area contributed by atoms with E-state index in [1.54, 1.807) is 24.3 Å². The number of hydrogen-bond donors (Lipinski definition) is 0. The van der Waals surface area contributed by atoms with Crippen LogP contribution in [-0.2, 0) is 25.3 Å². The maximum Gasteiger partial charge on any atom is 0.296 e. The molecule has 4 rings (SSSR count). The third-order valence-corrected chi connectivity index (χ3v) is 9.94. The van der Waals surface area contributed by atoms with E-state index in [1.165, 1.54) is 0 Å². The van der Waals surface area contributed by atoms with E-state index < -0.39 is 17.3 Å². The Morgan fingerprint density at radius 3 is 1.89 bits per heavy atom. The number of rotatable bonds is 11. The van der Waals surface area contributed by atoms with E-state index in [-0.39, 0.29) is 17.9 Å². The SMILES string of the molecule is Cc1ccc(S(=O)(=O)OCCCc2ccccc2OCP(=O)(c2ccccc2)c2ccccc2)cc1. The van der Waals surface area contributed by atoms with E-state index in [0.29, 0.717) is 18.6 Å². The molecule has 0 saturated heterocycles. The standard InChI is InChI=1S/C29H29O5PS/c1-24-18-20-28(21-19-24)36(31,32)34-22-10-12-25-11-8-9-17-29(25)33-23-35(30,26-13-4-2-5-14-26)27-15-6-3-7-16-27/h2-9,11,13-21H,10,12,22-23H2,1H3. The third-order valence-electron chi connectivity index (χ3n) is 5.86. The molecule has 0 N–H and O–H groups in total. The lowest BCUT2D eigenvalue weighted by atomic mass is 10.1. The molecule has 0 fully saturated rings. The first kappa shape index (κ1) is 25.9. The molecule has 0 atom stereocenters. The lowest BCUT2D eigenvalue weighted by Crippen LogP contribution is -2.21. The molecule has 0 bridgehead atoms. The number of para-hydroxylation sites is 1. The molecule has 186 valence electrons. The van der Waals surface area contributed by atoms with E-state index in [9.17, 15) is 13.0 Å². The van der Waals surface area contributed by atoms with Crippen LogP contribution in [0.4, 0.5) is 0 Å². The normalized spacial score (nSPS) is 11.8. The average Bonchev–Trinajstić information content (AvgIpc) is 2.91. The van der Waals surface area contributed by atoms with Gasteiger partial charge in [-0.05, 0) is 43.5 Å². The molecule has 0 unspecified atom stereocenters. The fourth-order valence-electron chi connectivity index (χ4n) is 3.85. The van der Waals surface area contributed by atoms with Crippen LogP contribution in [0.15, 0.2) is 114 Å². The quantitative estimate of drug-likeness (QED) is 0.145. The van der Waals surface area contributed by atoms with Crippen molar-refractivity contribution in [3.8, 4) is 5.75 Å². The Labute approximate surface area is 213 Å². The lowest BCUT2D eigenvalue weighted by molar-refractivity contribution is 0.310. The van der Waals surface area contributed by atoms with Gasteiger partial charge in [0.1, 0.15) is 12.1 Å². The zero-order chi connectivity index (χ0) is 25.4. The van der Waals surface area contributed by atoms with Crippen LogP contribution in [0, 0.1) is 6.92 Å². The van der Waals surface area contributed by atoms with E-state index in [1.807, 2.05) is 91.9 Å². The van der Waals surface area contributed by atoms with Gasteiger partial charge in [-0.3, -0.25) is 4.18 Å². The Morgan fingerprint density at radius 2 is 1.28 bits per heavy atom. The Kier molecular flexibility index (Phi) is 8.42. The molecule has 0 heterocycles. The van der Waals surface area contributed by atoms with E-state index in [4.69, 9.17) is 8.92 Å². The Balaban J connectivity index is 1.43. The van der Waals surface area contributed by atoms with Crippen LogP contribution in [0.25, 0.3) is 0 Å². The first-order valence-corrected chi connectivity index (χ1v) is 15.1. The van der Waals surface area contributed by atoms with Crippen molar-refractivity contribution < 1.29 is 21.9 Å². The molecule has 4 aromatic rings. The molecule has 7 heteroatoms. The number of hydrogen-bond acceptors (Lipinski definition) is 5. The summed E-state index contributed by atoms with van der Waals surface area (Å²) in [6, 6.07) is 32.9. The van der Waals surface area contributed by atoms with Crippen molar-refractivity contribution in [1.29, 1.82) is 0 Å². The molecule has 0 aromatic heterocycles. The van der Waals surface area contributed by atoms with Gasteiger partial charge in [-0.15, -0.1) is 0 Å². The average molecular weight is 521 g/mol. The molecule has 0 spiro atoms. The van der Waals surface area contributed by atoms with Gasteiger partial charge < -0.3 is 9.30 Å². The van der Waals surface area contributed by atoms with Crippen molar-refractivity contribution in [2.24, 2.45) is 0 Å². The lowest BCUT2D eigenvalue weighted by Gasteiger charge is -2.21. The molecule has 0 amide bonds. The molecular weight excluding hydrogens is 491 g/mol. The molecule has 36 heavy (non-hydrogen) atoms. The van der Waals surface area contributed by atoms with Gasteiger partial charge >= 0.3 is 0 Å². The van der Waals surface area contributed by atoms with Crippen LogP contribution < -0.4 is 15.3 Å². The highest BCUT2D eigenvalue weighted by atomic mass is 32.2. The van der Waals surface area contributed by atoms with Crippen molar-refractivity contribution >= 4 is 27.9 Å². The minimum atomic E-state index is -3.80. The van der Waals surface area contributed by atoms with Gasteiger partial charge in [0.25, 0.3) is 10.1 Å². The summed E-state index contributed by atoms with van der Waals surface area (Å²) < 4.78 is 50.5. The molecule has 0 aliphatic carbocycles. The van der Waals surface area contributed by atoms with Crippen LogP contribution in [0.5, 0.6) is 5.75 Å². The highest BCUT2D eigenvalue weighted by molar-refractivity contribution is 7.86. The topological polar surface area (TPSA) is 69.7 Å². The number of ether oxygens (including phenoxy) is 1. The van der Waals surface area contributed by atoms with Crippen LogP contribution in [-0.4, -0.2) is 21.4 Å². The fourth-order valence-corrected chi connectivity index (χ4v) is 7.02. The number of benzene rings is 4. The highest BCUT2D eigenvalue weighted by Crippen LogP contribution is 2.43. The van der Waals surface area contributed by atoms with Crippen LogP contribution >= 0.6 is 7.14 Å². The van der Waals surface area contributed by atoms with Crippen LogP contribution in [0.3, 0.4) is 0 Å². The second kappa shape index (κ2) is 11.7. The zero-order valence-corrected chi connectivity index (χ0v) is 21.8. The van der Waals surface area contributed by atoms with Crippen LogP contribution in [0.2, 0.25) is 0 Å². The van der Waals surface area contributed by atoms with Crippen molar-refractivity contribution in [3.05, 3.63) is 120 Å². The van der Waals surface area contributed by atoms with Crippen LogP contribution in [0.1, 0.15) is 17.5 Å². The molecule has 5 nitrogen and oxygen atoms in total. The Bertz CT molecular complexity index is 1380. The summed E-state index contributed by atoms with van der Waals surface area (Å²) in [5.74, 6) is 0.631. The molecule has 0 radical (unpaired) electrons. The summed E-state index contributed by atoms with van der Waals surface area (Å²) in [7, 11) is -6.83. The first-order valence-electron chi connectivity index (χ1n) is 11.8. The first-order chi connectivity index (χ1) is 17.4. The predicted molar refractivity (Wildman–Crippen MR) is 144 cm³/mol. The highest BCUT2D eigenvalue weighted by Gasteiger charge is 2.28. The zero-order valence-electron chi connectivity index (χ0n) is 20.1. The Hall–Kier alpha value is -3.18. The summed E-state index contributed by atoms with van der Waals surface area (Å²) in [6.07, 6.45) is 1.07. The summed E-state index contributed by atoms with van der Waals surface area (Å²) in [6.45, 7) is 1.95.